The Hall–Kier alpha value is -3.53. The zero-order chi connectivity index (χ0) is 20.6. The Balaban J connectivity index is 1.64. The molecule has 1 aliphatic heterocycles. The Labute approximate surface area is 174 Å². The highest BCUT2D eigenvalue weighted by atomic mass is 16.2. The van der Waals surface area contributed by atoms with E-state index in [0.717, 1.165) is 34.1 Å². The number of anilines is 1. The molecule has 3 aliphatic carbocycles. The standard InChI is InChI=1S/C26H19NO3/c1-15-10-12-16(13-11-15)27-24(29)22-21-17-6-2-4-8-19(17)26(14-28,23(22)25(27)30)20-9-5-3-7-18(20)21/h2-14,21-23H,1H3/t21?,22-,23-,26?/m0/s1. The molecule has 0 aromatic heterocycles. The fraction of sp³-hybridized carbons (Fsp3) is 0.192. The molecule has 1 fully saturated rings. The number of nitrogens with zero attached hydrogens (tertiary/aromatic N) is 1. The molecule has 2 atom stereocenters. The van der Waals surface area contributed by atoms with Crippen molar-refractivity contribution in [3.05, 3.63) is 101 Å². The van der Waals surface area contributed by atoms with Crippen molar-refractivity contribution in [3.63, 3.8) is 0 Å². The van der Waals surface area contributed by atoms with E-state index in [1.54, 1.807) is 12.1 Å². The van der Waals surface area contributed by atoms with E-state index in [-0.39, 0.29) is 17.7 Å². The average Bonchev–Trinajstić information content (AvgIpc) is 3.05. The summed E-state index contributed by atoms with van der Waals surface area (Å²) in [7, 11) is 0. The van der Waals surface area contributed by atoms with Gasteiger partial charge in [0.15, 0.2) is 0 Å². The van der Waals surface area contributed by atoms with Gasteiger partial charge in [-0.3, -0.25) is 9.59 Å². The number of rotatable bonds is 2. The van der Waals surface area contributed by atoms with Crippen LogP contribution in [0.3, 0.4) is 0 Å². The lowest BCUT2D eigenvalue weighted by atomic mass is 9.48. The summed E-state index contributed by atoms with van der Waals surface area (Å²) in [6, 6.07) is 23.0. The summed E-state index contributed by atoms with van der Waals surface area (Å²) >= 11 is 0. The summed E-state index contributed by atoms with van der Waals surface area (Å²) in [4.78, 5) is 41.6. The number of hydrogen-bond acceptors (Lipinski definition) is 3. The van der Waals surface area contributed by atoms with Crippen LogP contribution in [0.25, 0.3) is 0 Å². The maximum absolute atomic E-state index is 13.8. The van der Waals surface area contributed by atoms with Crippen molar-refractivity contribution >= 4 is 23.8 Å². The topological polar surface area (TPSA) is 54.5 Å². The molecule has 1 saturated heterocycles. The number of amides is 2. The van der Waals surface area contributed by atoms with E-state index in [0.29, 0.717) is 5.69 Å². The molecule has 0 N–H and O–H groups in total. The third-order valence-electron chi connectivity index (χ3n) is 7.16. The first kappa shape index (κ1) is 17.3. The lowest BCUT2D eigenvalue weighted by Crippen LogP contribution is -2.54. The van der Waals surface area contributed by atoms with Crippen LogP contribution in [-0.4, -0.2) is 18.1 Å². The Kier molecular flexibility index (Phi) is 3.33. The van der Waals surface area contributed by atoms with Crippen molar-refractivity contribution in [3.8, 4) is 0 Å². The first-order chi connectivity index (χ1) is 14.6. The van der Waals surface area contributed by atoms with Gasteiger partial charge in [-0.05, 0) is 41.3 Å². The molecule has 4 nitrogen and oxygen atoms in total. The molecule has 0 saturated carbocycles. The molecule has 4 heteroatoms. The van der Waals surface area contributed by atoms with Gasteiger partial charge in [-0.2, -0.15) is 0 Å². The van der Waals surface area contributed by atoms with Gasteiger partial charge in [0.1, 0.15) is 6.29 Å². The SMILES string of the molecule is Cc1ccc(N2C(=O)[C@@H]3[C@@H](C2=O)C2c4ccccc4C3(C=O)c3ccccc32)cc1. The van der Waals surface area contributed by atoms with Crippen LogP contribution < -0.4 is 4.90 Å². The highest BCUT2D eigenvalue weighted by Gasteiger charge is 2.68. The van der Waals surface area contributed by atoms with Crippen molar-refractivity contribution < 1.29 is 14.4 Å². The maximum atomic E-state index is 13.8. The minimum atomic E-state index is -1.14. The fourth-order valence-corrected chi connectivity index (χ4v) is 5.98. The Morgan fingerprint density at radius 1 is 0.800 bits per heavy atom. The first-order valence-corrected chi connectivity index (χ1v) is 10.2. The van der Waals surface area contributed by atoms with Crippen molar-refractivity contribution in [1.29, 1.82) is 0 Å². The molecule has 2 bridgehead atoms. The van der Waals surface area contributed by atoms with E-state index in [1.807, 2.05) is 67.6 Å². The summed E-state index contributed by atoms with van der Waals surface area (Å²) in [5.74, 6) is -2.02. The number of aldehydes is 1. The molecular weight excluding hydrogens is 374 g/mol. The molecule has 7 rings (SSSR count). The van der Waals surface area contributed by atoms with Crippen LogP contribution in [0.2, 0.25) is 0 Å². The number of hydrogen-bond donors (Lipinski definition) is 0. The van der Waals surface area contributed by atoms with Gasteiger partial charge in [0.25, 0.3) is 0 Å². The molecule has 0 unspecified atom stereocenters. The molecule has 2 amide bonds. The predicted octanol–water partition coefficient (Wildman–Crippen LogP) is 3.74. The van der Waals surface area contributed by atoms with Crippen LogP contribution in [0.1, 0.15) is 33.7 Å². The minimum absolute atomic E-state index is 0.214. The van der Waals surface area contributed by atoms with Gasteiger partial charge < -0.3 is 4.79 Å². The normalized spacial score (nSPS) is 28.2. The number of aryl methyl sites for hydroxylation is 1. The second-order valence-electron chi connectivity index (χ2n) is 8.49. The molecule has 0 radical (unpaired) electrons. The summed E-state index contributed by atoms with van der Waals surface area (Å²) in [5.41, 5.74) is 4.17. The predicted molar refractivity (Wildman–Crippen MR) is 112 cm³/mol. The lowest BCUT2D eigenvalue weighted by Gasteiger charge is -2.51. The van der Waals surface area contributed by atoms with Crippen LogP contribution in [0.5, 0.6) is 0 Å². The lowest BCUT2D eigenvalue weighted by molar-refractivity contribution is -0.128. The van der Waals surface area contributed by atoms with Crippen LogP contribution in [0.4, 0.5) is 5.69 Å². The van der Waals surface area contributed by atoms with E-state index >= 15 is 0 Å². The van der Waals surface area contributed by atoms with Crippen molar-refractivity contribution in [1.82, 2.24) is 0 Å². The van der Waals surface area contributed by atoms with Crippen LogP contribution in [-0.2, 0) is 19.8 Å². The number of carbonyl (C=O) groups excluding carboxylic acids is 3. The van der Waals surface area contributed by atoms with Crippen molar-refractivity contribution in [2.45, 2.75) is 18.3 Å². The highest BCUT2D eigenvalue weighted by molar-refractivity contribution is 6.24. The smallest absolute Gasteiger partial charge is 0.239 e. The Morgan fingerprint density at radius 3 is 1.93 bits per heavy atom. The van der Waals surface area contributed by atoms with Crippen molar-refractivity contribution in [2.24, 2.45) is 11.8 Å². The van der Waals surface area contributed by atoms with Gasteiger partial charge in [-0.1, -0.05) is 66.2 Å². The van der Waals surface area contributed by atoms with E-state index in [2.05, 4.69) is 0 Å². The Morgan fingerprint density at radius 2 is 1.37 bits per heavy atom. The third kappa shape index (κ3) is 1.85. The van der Waals surface area contributed by atoms with Gasteiger partial charge in [0, 0.05) is 5.92 Å². The Bertz CT molecular complexity index is 1200. The monoisotopic (exact) mass is 393 g/mol. The van der Waals surface area contributed by atoms with E-state index < -0.39 is 17.3 Å². The van der Waals surface area contributed by atoms with Crippen LogP contribution in [0.15, 0.2) is 72.8 Å². The van der Waals surface area contributed by atoms with Crippen LogP contribution in [0, 0.1) is 18.8 Å². The molecule has 146 valence electrons. The molecular formula is C26H19NO3. The molecule has 0 spiro atoms. The summed E-state index contributed by atoms with van der Waals surface area (Å²) in [5, 5.41) is 0. The molecule has 3 aromatic rings. The van der Waals surface area contributed by atoms with Gasteiger partial charge >= 0.3 is 0 Å². The first-order valence-electron chi connectivity index (χ1n) is 10.2. The van der Waals surface area contributed by atoms with E-state index in [1.165, 1.54) is 4.90 Å². The number of benzene rings is 3. The molecule has 30 heavy (non-hydrogen) atoms. The van der Waals surface area contributed by atoms with Gasteiger partial charge in [0.2, 0.25) is 11.8 Å². The average molecular weight is 393 g/mol. The van der Waals surface area contributed by atoms with E-state index in [4.69, 9.17) is 0 Å². The van der Waals surface area contributed by atoms with Gasteiger partial charge in [-0.25, -0.2) is 4.90 Å². The number of imide groups is 1. The van der Waals surface area contributed by atoms with E-state index in [9.17, 15) is 14.4 Å². The molecule has 1 heterocycles. The maximum Gasteiger partial charge on any atom is 0.239 e. The largest absolute Gasteiger partial charge is 0.302 e. The third-order valence-corrected chi connectivity index (χ3v) is 7.16. The molecule has 4 aliphatic rings. The minimum Gasteiger partial charge on any atom is -0.302 e. The summed E-state index contributed by atoms with van der Waals surface area (Å²) in [6.45, 7) is 1.96. The number of carbonyl (C=O) groups is 3. The quantitative estimate of drug-likeness (QED) is 0.492. The van der Waals surface area contributed by atoms with Crippen molar-refractivity contribution in [2.75, 3.05) is 4.90 Å². The second kappa shape index (κ2) is 5.76. The zero-order valence-electron chi connectivity index (χ0n) is 16.4. The second-order valence-corrected chi connectivity index (χ2v) is 8.49. The fourth-order valence-electron chi connectivity index (χ4n) is 5.98. The van der Waals surface area contributed by atoms with Crippen LogP contribution >= 0.6 is 0 Å². The summed E-state index contributed by atoms with van der Waals surface area (Å²) in [6.07, 6.45) is 0.904. The highest BCUT2D eigenvalue weighted by Crippen LogP contribution is 2.63. The summed E-state index contributed by atoms with van der Waals surface area (Å²) < 4.78 is 0. The van der Waals surface area contributed by atoms with Gasteiger partial charge in [-0.15, -0.1) is 0 Å². The molecule has 3 aromatic carbocycles. The van der Waals surface area contributed by atoms with Gasteiger partial charge in [0.05, 0.1) is 22.9 Å². The zero-order valence-corrected chi connectivity index (χ0v) is 16.4.